The first-order valence-corrected chi connectivity index (χ1v) is 11.5. The molecule has 1 aromatic carbocycles. The summed E-state index contributed by atoms with van der Waals surface area (Å²) in [5.74, 6) is -3.02. The molecule has 1 saturated carbocycles. The smallest absolute Gasteiger partial charge is 0.410 e. The third-order valence-corrected chi connectivity index (χ3v) is 6.49. The van der Waals surface area contributed by atoms with Crippen molar-refractivity contribution in [1.82, 2.24) is 24.9 Å². The van der Waals surface area contributed by atoms with Crippen LogP contribution in [0.2, 0.25) is 10.0 Å². The van der Waals surface area contributed by atoms with Gasteiger partial charge in [-0.05, 0) is 37.5 Å². The zero-order valence-corrected chi connectivity index (χ0v) is 20.9. The number of rotatable bonds is 7. The number of aromatic nitrogens is 4. The van der Waals surface area contributed by atoms with Gasteiger partial charge in [0, 0.05) is 18.8 Å². The highest BCUT2D eigenvalue weighted by Crippen LogP contribution is 2.42. The van der Waals surface area contributed by atoms with Gasteiger partial charge in [0.25, 0.3) is 11.8 Å². The summed E-state index contributed by atoms with van der Waals surface area (Å²) < 4.78 is 87.8. The molecule has 1 atom stereocenters. The van der Waals surface area contributed by atoms with Gasteiger partial charge in [-0.25, -0.2) is 13.8 Å². The summed E-state index contributed by atoms with van der Waals surface area (Å²) in [6.45, 7) is 0.424. The van der Waals surface area contributed by atoms with Crippen LogP contribution < -0.4 is 10.1 Å². The van der Waals surface area contributed by atoms with E-state index in [4.69, 9.17) is 23.2 Å². The summed E-state index contributed by atoms with van der Waals surface area (Å²) in [7, 11) is 1.03. The Bertz CT molecular complexity index is 1460. The third kappa shape index (κ3) is 5.12. The van der Waals surface area contributed by atoms with Gasteiger partial charge in [-0.1, -0.05) is 23.2 Å². The second-order valence-corrected chi connectivity index (χ2v) is 9.33. The van der Waals surface area contributed by atoms with E-state index in [0.717, 1.165) is 19.4 Å². The maximum atomic E-state index is 13.9. The maximum Gasteiger partial charge on any atom is 0.430 e. The lowest BCUT2D eigenvalue weighted by atomic mass is 10.1. The summed E-state index contributed by atoms with van der Waals surface area (Å²) in [5, 5.41) is 18.9. The average Bonchev–Trinajstić information content (AvgIpc) is 3.26. The van der Waals surface area contributed by atoms with E-state index < -0.39 is 47.2 Å². The number of carbonyl (C=O) groups excluding carboxylic acids is 1. The highest BCUT2D eigenvalue weighted by atomic mass is 35.5. The van der Waals surface area contributed by atoms with E-state index in [9.17, 15) is 36.4 Å². The number of benzene rings is 1. The van der Waals surface area contributed by atoms with Crippen molar-refractivity contribution in [3.05, 3.63) is 45.7 Å². The van der Waals surface area contributed by atoms with Crippen molar-refractivity contribution < 1.29 is 35.9 Å². The molecule has 8 nitrogen and oxygen atoms in total. The number of amides is 1. The van der Waals surface area contributed by atoms with Crippen LogP contribution in [0.4, 0.5) is 26.3 Å². The van der Waals surface area contributed by atoms with Crippen molar-refractivity contribution in [2.24, 2.45) is 7.05 Å². The number of nitrogens with one attached hydrogen (secondary N) is 1. The molecule has 3 aromatic rings. The Hall–Kier alpha value is -3.44. The first-order chi connectivity index (χ1) is 17.6. The minimum absolute atomic E-state index is 0.0568. The van der Waals surface area contributed by atoms with E-state index in [1.807, 2.05) is 6.07 Å². The Kier molecular flexibility index (Phi) is 6.82. The first-order valence-electron chi connectivity index (χ1n) is 10.7. The Morgan fingerprint density at radius 2 is 1.89 bits per heavy atom. The summed E-state index contributed by atoms with van der Waals surface area (Å²) in [5.41, 5.74) is -2.41. The molecule has 0 aliphatic heterocycles. The Morgan fingerprint density at radius 1 is 1.24 bits per heavy atom. The van der Waals surface area contributed by atoms with Gasteiger partial charge in [-0.2, -0.15) is 32.3 Å². The Balaban J connectivity index is 1.75. The fourth-order valence-electron chi connectivity index (χ4n) is 3.47. The molecule has 0 saturated heterocycles. The molecule has 1 N–H and O–H groups in total. The number of alkyl halides is 6. The molecule has 38 heavy (non-hydrogen) atoms. The molecular formula is C22H16Cl2F6N6O2. The van der Waals surface area contributed by atoms with Crippen molar-refractivity contribution in [3.63, 3.8) is 0 Å². The molecule has 2 aromatic heterocycles. The molecule has 1 unspecified atom stereocenters. The number of hydrogen-bond acceptors (Lipinski definition) is 5. The van der Waals surface area contributed by atoms with Crippen LogP contribution in [-0.4, -0.2) is 43.3 Å². The van der Waals surface area contributed by atoms with E-state index >= 15 is 0 Å². The van der Waals surface area contributed by atoms with E-state index in [1.165, 1.54) is 12.1 Å². The quantitative estimate of drug-likeness (QED) is 0.361. The molecular weight excluding hydrogens is 565 g/mol. The second-order valence-electron chi connectivity index (χ2n) is 8.55. The Morgan fingerprint density at radius 3 is 2.45 bits per heavy atom. The molecule has 0 bridgehead atoms. The number of halogens is 8. The van der Waals surface area contributed by atoms with Gasteiger partial charge in [0.15, 0.2) is 11.4 Å². The van der Waals surface area contributed by atoms with Gasteiger partial charge in [0.2, 0.25) is 6.17 Å². The molecule has 1 amide bonds. The average molecular weight is 581 g/mol. The van der Waals surface area contributed by atoms with Crippen LogP contribution in [-0.2, 0) is 13.2 Å². The molecule has 2 heterocycles. The predicted octanol–water partition coefficient (Wildman–Crippen LogP) is 5.71. The maximum absolute atomic E-state index is 13.9. The van der Waals surface area contributed by atoms with Crippen LogP contribution >= 0.6 is 23.2 Å². The number of aryl methyl sites for hydroxylation is 1. The fourth-order valence-corrected chi connectivity index (χ4v) is 3.88. The molecule has 16 heteroatoms. The lowest BCUT2D eigenvalue weighted by Gasteiger charge is -2.18. The molecule has 202 valence electrons. The van der Waals surface area contributed by atoms with E-state index in [2.05, 4.69) is 20.3 Å². The van der Waals surface area contributed by atoms with Crippen molar-refractivity contribution in [1.29, 1.82) is 5.26 Å². The predicted molar refractivity (Wildman–Crippen MR) is 122 cm³/mol. The van der Waals surface area contributed by atoms with Gasteiger partial charge in [0.05, 0.1) is 27.9 Å². The van der Waals surface area contributed by atoms with Crippen molar-refractivity contribution in [2.45, 2.75) is 43.8 Å². The van der Waals surface area contributed by atoms with E-state index in [-0.39, 0.29) is 26.7 Å². The molecule has 0 radical (unpaired) electrons. The van der Waals surface area contributed by atoms with Crippen LogP contribution in [0.5, 0.6) is 5.88 Å². The standard InChI is InChI=1S/C22H16Cl2F6N6O2/c1-10(25)22(29,30)38-18-15(21(26,27)28)19(35(2)34-18)36-8-12(7-32-36)11-5-13(16(24)14(23)6-11)17(37)33-20(9-31)3-4-20/h5-8,10H,3-4H2,1-2H3,(H,33,37). The topological polar surface area (TPSA) is 97.8 Å². The minimum Gasteiger partial charge on any atom is -0.410 e. The van der Waals surface area contributed by atoms with Gasteiger partial charge in [-0.15, -0.1) is 5.10 Å². The number of nitriles is 1. The monoisotopic (exact) mass is 580 g/mol. The molecule has 1 aliphatic rings. The van der Waals surface area contributed by atoms with Gasteiger partial charge < -0.3 is 10.1 Å². The number of nitrogens with zero attached hydrogens (tertiary/aromatic N) is 5. The zero-order valence-electron chi connectivity index (χ0n) is 19.4. The largest absolute Gasteiger partial charge is 0.430 e. The van der Waals surface area contributed by atoms with E-state index in [0.29, 0.717) is 29.1 Å². The molecule has 0 spiro atoms. The van der Waals surface area contributed by atoms with Gasteiger partial charge in [-0.3, -0.25) is 4.79 Å². The fraction of sp³-hybridized carbons (Fsp3) is 0.364. The zero-order chi connectivity index (χ0) is 28.2. The number of hydrogen-bond donors (Lipinski definition) is 1. The van der Waals surface area contributed by atoms with Crippen LogP contribution in [0.1, 0.15) is 35.7 Å². The Labute approximate surface area is 220 Å². The second kappa shape index (κ2) is 9.39. The SMILES string of the molecule is CC(F)C(F)(F)Oc1nn(C)c(-n2cc(-c3cc(Cl)c(Cl)c(C(=O)NC4(C#N)CC4)c3)cn2)c1C(F)(F)F. The highest BCUT2D eigenvalue weighted by Gasteiger charge is 2.48. The lowest BCUT2D eigenvalue weighted by molar-refractivity contribution is -0.220. The van der Waals surface area contributed by atoms with Crippen LogP contribution in [0.3, 0.4) is 0 Å². The minimum atomic E-state index is -5.24. The summed E-state index contributed by atoms with van der Waals surface area (Å²) in [4.78, 5) is 12.7. The van der Waals surface area contributed by atoms with Gasteiger partial charge >= 0.3 is 12.3 Å². The highest BCUT2D eigenvalue weighted by molar-refractivity contribution is 6.44. The summed E-state index contributed by atoms with van der Waals surface area (Å²) >= 11 is 12.3. The molecule has 4 rings (SSSR count). The third-order valence-electron chi connectivity index (χ3n) is 5.69. The lowest BCUT2D eigenvalue weighted by Crippen LogP contribution is -2.35. The van der Waals surface area contributed by atoms with Crippen molar-refractivity contribution in [3.8, 4) is 28.9 Å². The van der Waals surface area contributed by atoms with Crippen LogP contribution in [0, 0.1) is 11.3 Å². The van der Waals surface area contributed by atoms with E-state index in [1.54, 1.807) is 0 Å². The molecule has 1 aliphatic carbocycles. The normalized spacial score (nSPS) is 15.6. The number of ether oxygens (including phenoxy) is 1. The molecule has 1 fully saturated rings. The summed E-state index contributed by atoms with van der Waals surface area (Å²) in [6, 6.07) is 4.65. The van der Waals surface area contributed by atoms with Crippen molar-refractivity contribution >= 4 is 29.1 Å². The van der Waals surface area contributed by atoms with Crippen LogP contribution in [0.15, 0.2) is 24.5 Å². The van der Waals surface area contributed by atoms with Crippen LogP contribution in [0.25, 0.3) is 16.9 Å². The summed E-state index contributed by atoms with van der Waals surface area (Å²) in [6.07, 6.45) is -9.59. The first kappa shape index (κ1) is 27.6. The van der Waals surface area contributed by atoms with Crippen molar-refractivity contribution in [2.75, 3.05) is 0 Å². The number of carbonyl (C=O) groups is 1. The van der Waals surface area contributed by atoms with Gasteiger partial charge in [0.1, 0.15) is 5.54 Å².